The highest BCUT2D eigenvalue weighted by Gasteiger charge is 2.14. The first-order valence-electron chi connectivity index (χ1n) is 7.92. The van der Waals surface area contributed by atoms with E-state index in [9.17, 15) is 0 Å². The normalized spacial score (nSPS) is 10.8. The topological polar surface area (TPSA) is 60.0 Å². The third-order valence-corrected chi connectivity index (χ3v) is 4.18. The van der Waals surface area contributed by atoms with E-state index < -0.39 is 0 Å². The van der Waals surface area contributed by atoms with Crippen LogP contribution in [0.3, 0.4) is 0 Å². The lowest BCUT2D eigenvalue weighted by Gasteiger charge is -2.13. The van der Waals surface area contributed by atoms with Crippen molar-refractivity contribution >= 4 is 10.9 Å². The average molecular weight is 331 g/mol. The van der Waals surface area contributed by atoms with Gasteiger partial charge in [-0.05, 0) is 29.3 Å². The molecule has 0 saturated heterocycles. The molecule has 0 fully saturated rings. The van der Waals surface area contributed by atoms with E-state index in [1.807, 2.05) is 36.4 Å². The van der Waals surface area contributed by atoms with E-state index in [2.05, 4.69) is 28.4 Å². The van der Waals surface area contributed by atoms with Gasteiger partial charge in [0.25, 0.3) is 0 Å². The van der Waals surface area contributed by atoms with Crippen LogP contribution in [-0.2, 0) is 0 Å². The monoisotopic (exact) mass is 331 g/mol. The van der Waals surface area contributed by atoms with E-state index >= 15 is 0 Å². The second-order valence-corrected chi connectivity index (χ2v) is 5.62. The Kier molecular flexibility index (Phi) is 3.82. The van der Waals surface area contributed by atoms with Crippen molar-refractivity contribution in [2.45, 2.75) is 0 Å². The fourth-order valence-corrected chi connectivity index (χ4v) is 2.95. The number of ether oxygens (including phenoxy) is 2. The molecule has 0 amide bonds. The van der Waals surface area contributed by atoms with E-state index in [1.54, 1.807) is 20.4 Å². The number of rotatable bonds is 4. The van der Waals surface area contributed by atoms with Crippen molar-refractivity contribution in [2.24, 2.45) is 0 Å². The summed E-state index contributed by atoms with van der Waals surface area (Å²) in [6.45, 7) is 0. The quantitative estimate of drug-likeness (QED) is 0.605. The number of hydrogen-bond donors (Lipinski definition) is 1. The lowest BCUT2D eigenvalue weighted by molar-refractivity contribution is 0.356. The fraction of sp³-hybridized carbons (Fsp3) is 0.100. The Morgan fingerprint density at radius 2 is 1.64 bits per heavy atom. The maximum atomic E-state index is 5.47. The predicted octanol–water partition coefficient (Wildman–Crippen LogP) is 4.31. The molecule has 25 heavy (non-hydrogen) atoms. The van der Waals surface area contributed by atoms with E-state index in [0.717, 1.165) is 33.4 Å². The maximum absolute atomic E-state index is 5.47. The summed E-state index contributed by atoms with van der Waals surface area (Å²) in [5.41, 5.74) is 4.73. The number of methoxy groups -OCH3 is 2. The van der Waals surface area contributed by atoms with Crippen molar-refractivity contribution in [3.05, 3.63) is 60.8 Å². The molecule has 0 bridgehead atoms. The Morgan fingerprint density at radius 3 is 2.32 bits per heavy atom. The standard InChI is InChI=1S/C20H17N3O2/c1-24-19-11-15-14(13-6-4-3-5-7-13)10-18(16-8-9-21-23-16)22-17(15)12-20(19)25-2/h3-12H,1-2H3,(H,21,23). The summed E-state index contributed by atoms with van der Waals surface area (Å²) >= 11 is 0. The zero-order valence-corrected chi connectivity index (χ0v) is 14.0. The molecule has 124 valence electrons. The van der Waals surface area contributed by atoms with Gasteiger partial charge in [0.1, 0.15) is 0 Å². The van der Waals surface area contributed by atoms with Gasteiger partial charge in [0.15, 0.2) is 11.5 Å². The maximum Gasteiger partial charge on any atom is 0.162 e. The van der Waals surface area contributed by atoms with Gasteiger partial charge in [-0.15, -0.1) is 0 Å². The van der Waals surface area contributed by atoms with Crippen molar-refractivity contribution in [3.8, 4) is 34.0 Å². The van der Waals surface area contributed by atoms with Crippen LogP contribution in [0.5, 0.6) is 11.5 Å². The third-order valence-electron chi connectivity index (χ3n) is 4.18. The molecule has 4 aromatic rings. The SMILES string of the molecule is COc1cc2nc(-c3ccn[nH]3)cc(-c3ccccc3)c2cc1OC. The van der Waals surface area contributed by atoms with Crippen molar-refractivity contribution in [2.75, 3.05) is 14.2 Å². The Balaban J connectivity index is 2.05. The molecule has 2 aromatic heterocycles. The molecule has 0 saturated carbocycles. The summed E-state index contributed by atoms with van der Waals surface area (Å²) in [7, 11) is 3.26. The smallest absolute Gasteiger partial charge is 0.162 e. The lowest BCUT2D eigenvalue weighted by Crippen LogP contribution is -1.94. The van der Waals surface area contributed by atoms with Gasteiger partial charge in [-0.1, -0.05) is 30.3 Å². The molecule has 0 aliphatic heterocycles. The summed E-state index contributed by atoms with van der Waals surface area (Å²) < 4.78 is 10.9. The molecule has 5 nitrogen and oxygen atoms in total. The summed E-state index contributed by atoms with van der Waals surface area (Å²) in [4.78, 5) is 4.78. The van der Waals surface area contributed by atoms with Crippen LogP contribution < -0.4 is 9.47 Å². The van der Waals surface area contributed by atoms with Crippen molar-refractivity contribution in [1.29, 1.82) is 0 Å². The third kappa shape index (κ3) is 2.70. The van der Waals surface area contributed by atoms with Crippen molar-refractivity contribution in [1.82, 2.24) is 15.2 Å². The van der Waals surface area contributed by atoms with Crippen LogP contribution in [0.1, 0.15) is 0 Å². The Labute approximate surface area is 145 Å². The van der Waals surface area contributed by atoms with Crippen LogP contribution in [0, 0.1) is 0 Å². The Hall–Kier alpha value is -3.34. The van der Waals surface area contributed by atoms with E-state index in [4.69, 9.17) is 14.5 Å². The zero-order valence-electron chi connectivity index (χ0n) is 14.0. The minimum Gasteiger partial charge on any atom is -0.493 e. The number of H-pyrrole nitrogens is 1. The highest BCUT2D eigenvalue weighted by Crippen LogP contribution is 2.38. The van der Waals surface area contributed by atoms with Crippen molar-refractivity contribution < 1.29 is 9.47 Å². The number of pyridine rings is 1. The molecular weight excluding hydrogens is 314 g/mol. The molecule has 0 atom stereocenters. The van der Waals surface area contributed by atoms with Crippen LogP contribution in [0.25, 0.3) is 33.4 Å². The van der Waals surface area contributed by atoms with E-state index in [-0.39, 0.29) is 0 Å². The highest BCUT2D eigenvalue weighted by atomic mass is 16.5. The molecule has 0 aliphatic rings. The summed E-state index contributed by atoms with van der Waals surface area (Å²) in [6.07, 6.45) is 1.72. The molecule has 5 heteroatoms. The van der Waals surface area contributed by atoms with Gasteiger partial charge < -0.3 is 9.47 Å². The number of benzene rings is 2. The van der Waals surface area contributed by atoms with E-state index in [0.29, 0.717) is 11.5 Å². The highest BCUT2D eigenvalue weighted by molar-refractivity contribution is 5.98. The van der Waals surface area contributed by atoms with Gasteiger partial charge in [0.05, 0.1) is 31.1 Å². The van der Waals surface area contributed by atoms with Crippen LogP contribution in [-0.4, -0.2) is 29.4 Å². The van der Waals surface area contributed by atoms with Crippen LogP contribution >= 0.6 is 0 Å². The van der Waals surface area contributed by atoms with Gasteiger partial charge in [-0.25, -0.2) is 4.98 Å². The molecule has 0 spiro atoms. The van der Waals surface area contributed by atoms with Gasteiger partial charge in [0.2, 0.25) is 0 Å². The number of aromatic amines is 1. The first-order chi connectivity index (χ1) is 12.3. The average Bonchev–Trinajstić information content (AvgIpc) is 3.21. The molecule has 2 heterocycles. The van der Waals surface area contributed by atoms with Gasteiger partial charge in [-0.3, -0.25) is 5.10 Å². The number of nitrogens with zero attached hydrogens (tertiary/aromatic N) is 2. The van der Waals surface area contributed by atoms with Gasteiger partial charge >= 0.3 is 0 Å². The Bertz CT molecular complexity index is 1010. The Morgan fingerprint density at radius 1 is 0.880 bits per heavy atom. The predicted molar refractivity (Wildman–Crippen MR) is 97.9 cm³/mol. The molecule has 0 aliphatic carbocycles. The first-order valence-corrected chi connectivity index (χ1v) is 7.92. The largest absolute Gasteiger partial charge is 0.493 e. The molecule has 0 radical (unpaired) electrons. The number of hydrogen-bond acceptors (Lipinski definition) is 4. The second-order valence-electron chi connectivity index (χ2n) is 5.62. The van der Waals surface area contributed by atoms with Crippen LogP contribution in [0.2, 0.25) is 0 Å². The summed E-state index contributed by atoms with van der Waals surface area (Å²) in [6, 6.07) is 18.1. The summed E-state index contributed by atoms with van der Waals surface area (Å²) in [5.74, 6) is 1.34. The molecule has 2 aromatic carbocycles. The second kappa shape index (κ2) is 6.28. The molecular formula is C20H17N3O2. The van der Waals surface area contributed by atoms with Crippen LogP contribution in [0.15, 0.2) is 60.8 Å². The first kappa shape index (κ1) is 15.2. The number of nitrogens with one attached hydrogen (secondary N) is 1. The summed E-state index contributed by atoms with van der Waals surface area (Å²) in [5, 5.41) is 8.02. The van der Waals surface area contributed by atoms with E-state index in [1.165, 1.54) is 0 Å². The zero-order chi connectivity index (χ0) is 17.2. The van der Waals surface area contributed by atoms with Gasteiger partial charge in [-0.2, -0.15) is 5.10 Å². The number of aromatic nitrogens is 3. The minimum atomic E-state index is 0.656. The lowest BCUT2D eigenvalue weighted by atomic mass is 9.99. The minimum absolute atomic E-state index is 0.656. The number of fused-ring (bicyclic) bond motifs is 1. The molecule has 4 rings (SSSR count). The fourth-order valence-electron chi connectivity index (χ4n) is 2.95. The van der Waals surface area contributed by atoms with Gasteiger partial charge in [0, 0.05) is 17.6 Å². The molecule has 0 unspecified atom stereocenters. The van der Waals surface area contributed by atoms with Crippen LogP contribution in [0.4, 0.5) is 0 Å². The van der Waals surface area contributed by atoms with Crippen molar-refractivity contribution in [3.63, 3.8) is 0 Å². The molecule has 1 N–H and O–H groups in total.